The van der Waals surface area contributed by atoms with Crippen molar-refractivity contribution in [2.24, 2.45) is 4.99 Å². The first-order valence-corrected chi connectivity index (χ1v) is 9.07. The van der Waals surface area contributed by atoms with Crippen molar-refractivity contribution in [1.29, 1.82) is 0 Å². The molecule has 0 spiro atoms. The smallest absolute Gasteiger partial charge is 0.193 e. The third-order valence-corrected chi connectivity index (χ3v) is 4.19. The highest BCUT2D eigenvalue weighted by Gasteiger charge is 2.28. The van der Waals surface area contributed by atoms with Gasteiger partial charge in [-0.2, -0.15) is 0 Å². The van der Waals surface area contributed by atoms with Gasteiger partial charge in [0.05, 0.1) is 25.9 Å². The Kier molecular flexibility index (Phi) is 8.80. The van der Waals surface area contributed by atoms with E-state index >= 15 is 0 Å². The summed E-state index contributed by atoms with van der Waals surface area (Å²) in [5, 5.41) is 3.38. The minimum Gasteiger partial charge on any atom is -0.382 e. The molecule has 0 bridgehead atoms. The Morgan fingerprint density at radius 2 is 2.04 bits per heavy atom. The second kappa shape index (κ2) is 11.1. The van der Waals surface area contributed by atoms with Crippen molar-refractivity contribution in [2.45, 2.75) is 25.6 Å². The van der Waals surface area contributed by atoms with Gasteiger partial charge in [-0.25, -0.2) is 4.39 Å². The van der Waals surface area contributed by atoms with Gasteiger partial charge in [-0.15, -0.1) is 0 Å². The lowest BCUT2D eigenvalue weighted by molar-refractivity contribution is -0.0605. The van der Waals surface area contributed by atoms with Crippen molar-refractivity contribution < 1.29 is 18.6 Å². The van der Waals surface area contributed by atoms with Gasteiger partial charge in [0.15, 0.2) is 5.96 Å². The molecule has 1 aromatic rings. The number of nitrogens with one attached hydrogen (secondary N) is 1. The van der Waals surface area contributed by atoms with Gasteiger partial charge < -0.3 is 24.4 Å². The predicted octanol–water partition coefficient (Wildman–Crippen LogP) is 2.22. The topological polar surface area (TPSA) is 55.3 Å². The summed E-state index contributed by atoms with van der Waals surface area (Å²) in [6.45, 7) is 6.19. The summed E-state index contributed by atoms with van der Waals surface area (Å²) in [6, 6.07) is 6.51. The number of nitrogens with zero attached hydrogens (tertiary/aromatic N) is 2. The second-order valence-corrected chi connectivity index (χ2v) is 6.32. The Balaban J connectivity index is 1.83. The summed E-state index contributed by atoms with van der Waals surface area (Å²) < 4.78 is 29.6. The van der Waals surface area contributed by atoms with Crippen LogP contribution in [0.1, 0.15) is 25.0 Å². The number of rotatable bonds is 8. The normalized spacial score (nSPS) is 21.1. The molecule has 2 unspecified atom stereocenters. The second-order valence-electron chi connectivity index (χ2n) is 6.32. The van der Waals surface area contributed by atoms with Crippen molar-refractivity contribution in [1.82, 2.24) is 10.2 Å². The fourth-order valence-corrected chi connectivity index (χ4v) is 2.94. The Labute approximate surface area is 155 Å². The molecule has 0 aliphatic carbocycles. The molecular weight excluding hydrogens is 337 g/mol. The standard InChI is InChI=1S/C19H30FN3O3/c1-15-13-23(14-18(26-15)16-5-7-17(20)8-6-16)19(21-2)22-9-4-10-25-12-11-24-3/h5-8,15,18H,4,9-14H2,1-3H3,(H,21,22). The van der Waals surface area contributed by atoms with Gasteiger partial charge in [-0.1, -0.05) is 12.1 Å². The van der Waals surface area contributed by atoms with Gasteiger partial charge in [0.1, 0.15) is 11.9 Å². The fraction of sp³-hybridized carbons (Fsp3) is 0.632. The maximum Gasteiger partial charge on any atom is 0.193 e. The molecule has 0 aromatic heterocycles. The van der Waals surface area contributed by atoms with E-state index in [0.717, 1.165) is 31.0 Å². The molecule has 1 aliphatic rings. The number of methoxy groups -OCH3 is 1. The quantitative estimate of drug-likeness (QED) is 0.434. The first kappa shape index (κ1) is 20.6. The van der Waals surface area contributed by atoms with Crippen molar-refractivity contribution in [3.8, 4) is 0 Å². The van der Waals surface area contributed by atoms with Crippen molar-refractivity contribution in [2.75, 3.05) is 53.6 Å². The van der Waals surface area contributed by atoms with Crippen LogP contribution in [0.2, 0.25) is 0 Å². The highest BCUT2D eigenvalue weighted by Crippen LogP contribution is 2.25. The summed E-state index contributed by atoms with van der Waals surface area (Å²) in [5.74, 6) is 0.615. The first-order valence-electron chi connectivity index (χ1n) is 9.07. The SMILES string of the molecule is CN=C(NCCCOCCOC)N1CC(C)OC(c2ccc(F)cc2)C1. The number of ether oxygens (including phenoxy) is 3. The monoisotopic (exact) mass is 367 g/mol. The van der Waals surface area contributed by atoms with Crippen molar-refractivity contribution >= 4 is 5.96 Å². The Hall–Kier alpha value is -1.70. The van der Waals surface area contributed by atoms with E-state index in [1.165, 1.54) is 12.1 Å². The van der Waals surface area contributed by atoms with Crippen LogP contribution in [0.15, 0.2) is 29.3 Å². The maximum atomic E-state index is 13.2. The Bertz CT molecular complexity index is 553. The molecule has 0 amide bonds. The minimum atomic E-state index is -0.236. The zero-order valence-corrected chi connectivity index (χ0v) is 15.9. The van der Waals surface area contributed by atoms with Gasteiger partial charge in [0, 0.05) is 33.9 Å². The largest absolute Gasteiger partial charge is 0.382 e. The summed E-state index contributed by atoms with van der Waals surface area (Å²) in [5.41, 5.74) is 0.977. The first-order chi connectivity index (χ1) is 12.6. The number of hydrogen-bond acceptors (Lipinski definition) is 4. The Morgan fingerprint density at radius 1 is 1.27 bits per heavy atom. The lowest BCUT2D eigenvalue weighted by Crippen LogP contribution is -2.50. The Morgan fingerprint density at radius 3 is 2.73 bits per heavy atom. The van der Waals surface area contributed by atoms with Crippen LogP contribution in [-0.2, 0) is 14.2 Å². The molecule has 1 saturated heterocycles. The molecule has 2 atom stereocenters. The van der Waals surface area contributed by atoms with Gasteiger partial charge >= 0.3 is 0 Å². The van der Waals surface area contributed by atoms with Crippen LogP contribution in [0.4, 0.5) is 4.39 Å². The fourth-order valence-electron chi connectivity index (χ4n) is 2.94. The zero-order chi connectivity index (χ0) is 18.8. The predicted molar refractivity (Wildman–Crippen MR) is 99.9 cm³/mol. The summed E-state index contributed by atoms with van der Waals surface area (Å²) in [7, 11) is 3.45. The molecule has 2 rings (SSSR count). The van der Waals surface area contributed by atoms with E-state index in [2.05, 4.69) is 15.2 Å². The molecule has 146 valence electrons. The van der Waals surface area contributed by atoms with Crippen LogP contribution in [0, 0.1) is 5.82 Å². The lowest BCUT2D eigenvalue weighted by Gasteiger charge is -2.38. The number of halogens is 1. The van der Waals surface area contributed by atoms with Crippen LogP contribution < -0.4 is 5.32 Å². The average molecular weight is 367 g/mol. The van der Waals surface area contributed by atoms with Gasteiger partial charge in [0.2, 0.25) is 0 Å². The van der Waals surface area contributed by atoms with Crippen LogP contribution in [0.25, 0.3) is 0 Å². The molecule has 1 N–H and O–H groups in total. The van der Waals surface area contributed by atoms with Crippen LogP contribution in [0.3, 0.4) is 0 Å². The van der Waals surface area contributed by atoms with E-state index in [4.69, 9.17) is 14.2 Å². The zero-order valence-electron chi connectivity index (χ0n) is 15.9. The van der Waals surface area contributed by atoms with E-state index in [-0.39, 0.29) is 18.0 Å². The van der Waals surface area contributed by atoms with E-state index in [1.54, 1.807) is 26.3 Å². The lowest BCUT2D eigenvalue weighted by atomic mass is 10.1. The maximum absolute atomic E-state index is 13.2. The van der Waals surface area contributed by atoms with E-state index in [0.29, 0.717) is 26.4 Å². The molecule has 1 fully saturated rings. The molecule has 1 heterocycles. The van der Waals surface area contributed by atoms with Crippen LogP contribution >= 0.6 is 0 Å². The third kappa shape index (κ3) is 6.55. The van der Waals surface area contributed by atoms with Gasteiger partial charge in [-0.3, -0.25) is 4.99 Å². The average Bonchev–Trinajstić information content (AvgIpc) is 2.64. The molecule has 6 nitrogen and oxygen atoms in total. The molecule has 1 aromatic carbocycles. The number of aliphatic imine (C=N–C) groups is 1. The molecule has 26 heavy (non-hydrogen) atoms. The molecule has 7 heteroatoms. The minimum absolute atomic E-state index is 0.0646. The third-order valence-electron chi connectivity index (χ3n) is 4.19. The van der Waals surface area contributed by atoms with Crippen LogP contribution in [-0.4, -0.2) is 70.6 Å². The highest BCUT2D eigenvalue weighted by atomic mass is 19.1. The number of guanidine groups is 1. The molecular formula is C19H30FN3O3. The number of hydrogen-bond donors (Lipinski definition) is 1. The highest BCUT2D eigenvalue weighted by molar-refractivity contribution is 5.80. The van der Waals surface area contributed by atoms with E-state index in [9.17, 15) is 4.39 Å². The summed E-state index contributed by atoms with van der Waals surface area (Å²) in [4.78, 5) is 6.58. The van der Waals surface area contributed by atoms with Crippen LogP contribution in [0.5, 0.6) is 0 Å². The van der Waals surface area contributed by atoms with E-state index < -0.39 is 0 Å². The number of benzene rings is 1. The number of morpholine rings is 1. The summed E-state index contributed by atoms with van der Waals surface area (Å²) >= 11 is 0. The van der Waals surface area contributed by atoms with Gasteiger partial charge in [0.25, 0.3) is 0 Å². The van der Waals surface area contributed by atoms with Crippen molar-refractivity contribution in [3.05, 3.63) is 35.6 Å². The van der Waals surface area contributed by atoms with Gasteiger partial charge in [-0.05, 0) is 31.0 Å². The molecule has 0 radical (unpaired) electrons. The van der Waals surface area contributed by atoms with Crippen molar-refractivity contribution in [3.63, 3.8) is 0 Å². The molecule has 1 aliphatic heterocycles. The molecule has 0 saturated carbocycles. The summed E-state index contributed by atoms with van der Waals surface area (Å²) in [6.07, 6.45) is 0.856. The van der Waals surface area contributed by atoms with E-state index in [1.807, 2.05) is 6.92 Å².